The molecule has 0 aliphatic rings. The summed E-state index contributed by atoms with van der Waals surface area (Å²) < 4.78 is 0. The van der Waals surface area contributed by atoms with Crippen molar-refractivity contribution in [2.24, 2.45) is 0 Å². The van der Waals surface area contributed by atoms with Gasteiger partial charge in [0.2, 0.25) is 0 Å². The molecular weight excluding hydrogens is 258 g/mol. The number of para-hydroxylation sites is 1. The Bertz CT molecular complexity index is 599. The van der Waals surface area contributed by atoms with E-state index >= 15 is 0 Å². The molecule has 0 bridgehead atoms. The third-order valence-electron chi connectivity index (χ3n) is 2.54. The highest BCUT2D eigenvalue weighted by Crippen LogP contribution is 2.12. The molecule has 0 aliphatic carbocycles. The molecule has 4 nitrogen and oxygen atoms in total. The van der Waals surface area contributed by atoms with Gasteiger partial charge < -0.3 is 5.32 Å². The van der Waals surface area contributed by atoms with Gasteiger partial charge in [0.05, 0.1) is 0 Å². The average Bonchev–Trinajstić information content (AvgIpc) is 2.42. The van der Waals surface area contributed by atoms with E-state index < -0.39 is 0 Å². The van der Waals surface area contributed by atoms with Crippen LogP contribution in [0.2, 0.25) is 0 Å². The number of anilines is 1. The fraction of sp³-hybridized carbons (Fsp3) is 0.0714. The number of hydrogen-bond acceptors (Lipinski definition) is 3. The largest absolute Gasteiger partial charge is 0.324 e. The molecule has 0 aliphatic heterocycles. The van der Waals surface area contributed by atoms with Crippen molar-refractivity contribution in [2.45, 2.75) is 6.92 Å². The summed E-state index contributed by atoms with van der Waals surface area (Å²) in [7, 11) is 0. The zero-order chi connectivity index (χ0) is 13.7. The van der Waals surface area contributed by atoms with Crippen molar-refractivity contribution in [1.29, 1.82) is 0 Å². The first-order valence-corrected chi connectivity index (χ1v) is 6.15. The zero-order valence-electron chi connectivity index (χ0n) is 10.4. The Labute approximate surface area is 116 Å². The fourth-order valence-electron chi connectivity index (χ4n) is 1.54. The molecule has 1 aromatic heterocycles. The third kappa shape index (κ3) is 3.59. The second-order valence-corrected chi connectivity index (χ2v) is 4.37. The van der Waals surface area contributed by atoms with E-state index in [2.05, 4.69) is 15.6 Å². The summed E-state index contributed by atoms with van der Waals surface area (Å²) in [4.78, 5) is 16.1. The van der Waals surface area contributed by atoms with Crippen molar-refractivity contribution < 1.29 is 4.79 Å². The molecule has 19 heavy (non-hydrogen) atoms. The summed E-state index contributed by atoms with van der Waals surface area (Å²) in [6.45, 7) is 1.93. The molecule has 2 amide bonds. The Hall–Kier alpha value is -2.27. The summed E-state index contributed by atoms with van der Waals surface area (Å²) in [5.41, 5.74) is 2.45. The highest BCUT2D eigenvalue weighted by atomic mass is 32.1. The van der Waals surface area contributed by atoms with Gasteiger partial charge in [-0.15, -0.1) is 0 Å². The highest BCUT2D eigenvalue weighted by Gasteiger charge is 2.07. The number of nitrogens with zero attached hydrogens (tertiary/aromatic N) is 1. The van der Waals surface area contributed by atoms with Crippen molar-refractivity contribution >= 4 is 28.9 Å². The quantitative estimate of drug-likeness (QED) is 0.826. The first-order valence-electron chi connectivity index (χ1n) is 5.75. The van der Waals surface area contributed by atoms with Gasteiger partial charge in [0, 0.05) is 23.6 Å². The lowest BCUT2D eigenvalue weighted by atomic mass is 10.2. The van der Waals surface area contributed by atoms with Gasteiger partial charge in [0.25, 0.3) is 0 Å². The van der Waals surface area contributed by atoms with E-state index in [4.69, 9.17) is 12.2 Å². The van der Waals surface area contributed by atoms with Crippen LogP contribution in [0.5, 0.6) is 0 Å². The van der Waals surface area contributed by atoms with Crippen LogP contribution in [0.25, 0.3) is 0 Å². The monoisotopic (exact) mass is 271 g/mol. The smallest absolute Gasteiger partial charge is 0.307 e. The molecule has 1 aromatic carbocycles. The van der Waals surface area contributed by atoms with Crippen molar-refractivity contribution in [3.8, 4) is 0 Å². The zero-order valence-corrected chi connectivity index (χ0v) is 11.2. The molecule has 0 fully saturated rings. The van der Waals surface area contributed by atoms with Crippen LogP contribution in [0.15, 0.2) is 48.8 Å². The topological polar surface area (TPSA) is 54.0 Å². The summed E-state index contributed by atoms with van der Waals surface area (Å²) in [6.07, 6.45) is 3.26. The molecule has 0 saturated carbocycles. The van der Waals surface area contributed by atoms with Gasteiger partial charge in [0.1, 0.15) is 4.99 Å². The first kappa shape index (κ1) is 13.2. The highest BCUT2D eigenvalue weighted by molar-refractivity contribution is 7.80. The standard InChI is InChI=1S/C14H13N3OS/c1-10-5-2-3-7-12(10)16-14(18)17-13(19)11-6-4-8-15-9-11/h2-9H,1H3,(H2,16,17,18,19). The number of aryl methyl sites for hydroxylation is 1. The van der Waals surface area contributed by atoms with E-state index in [1.54, 1.807) is 24.5 Å². The van der Waals surface area contributed by atoms with Crippen molar-refractivity contribution in [3.05, 3.63) is 59.9 Å². The fourth-order valence-corrected chi connectivity index (χ4v) is 1.75. The maximum absolute atomic E-state index is 11.8. The Kier molecular flexibility index (Phi) is 4.20. The molecule has 2 rings (SSSR count). The van der Waals surface area contributed by atoms with Gasteiger partial charge in [-0.1, -0.05) is 30.4 Å². The third-order valence-corrected chi connectivity index (χ3v) is 2.88. The molecule has 96 valence electrons. The van der Waals surface area contributed by atoms with E-state index in [1.807, 2.05) is 31.2 Å². The minimum atomic E-state index is -0.358. The number of benzene rings is 1. The predicted molar refractivity (Wildman–Crippen MR) is 79.3 cm³/mol. The summed E-state index contributed by atoms with van der Waals surface area (Å²) >= 11 is 5.13. The number of thiocarbonyl (C=S) groups is 1. The molecule has 0 unspecified atom stereocenters. The number of carbonyl (C=O) groups is 1. The maximum atomic E-state index is 11.8. The minimum absolute atomic E-state index is 0.346. The molecule has 5 heteroatoms. The van der Waals surface area contributed by atoms with Gasteiger partial charge in [-0.3, -0.25) is 10.3 Å². The van der Waals surface area contributed by atoms with Gasteiger partial charge in [-0.25, -0.2) is 4.79 Å². The van der Waals surface area contributed by atoms with Crippen LogP contribution in [0, 0.1) is 6.92 Å². The number of pyridine rings is 1. The molecule has 2 aromatic rings. The number of amides is 2. The summed E-state index contributed by atoms with van der Waals surface area (Å²) in [6, 6.07) is 10.7. The number of nitrogens with one attached hydrogen (secondary N) is 2. The number of urea groups is 1. The van der Waals surface area contributed by atoms with Crippen LogP contribution in [0.4, 0.5) is 10.5 Å². The van der Waals surface area contributed by atoms with Gasteiger partial charge in [-0.05, 0) is 30.7 Å². The Morgan fingerprint density at radius 3 is 2.68 bits per heavy atom. The molecule has 0 radical (unpaired) electrons. The van der Waals surface area contributed by atoms with Crippen LogP contribution >= 0.6 is 12.2 Å². The van der Waals surface area contributed by atoms with E-state index in [0.717, 1.165) is 11.3 Å². The molecular formula is C14H13N3OS. The van der Waals surface area contributed by atoms with Crippen LogP contribution in [0.3, 0.4) is 0 Å². The van der Waals surface area contributed by atoms with Crippen LogP contribution in [-0.4, -0.2) is 16.0 Å². The van der Waals surface area contributed by atoms with Crippen LogP contribution in [0.1, 0.15) is 11.1 Å². The number of hydrogen-bond donors (Lipinski definition) is 2. The molecule has 2 N–H and O–H groups in total. The van der Waals surface area contributed by atoms with Crippen molar-refractivity contribution in [2.75, 3.05) is 5.32 Å². The maximum Gasteiger partial charge on any atom is 0.324 e. The van der Waals surface area contributed by atoms with E-state index in [0.29, 0.717) is 10.6 Å². The molecule has 0 spiro atoms. The molecule has 0 saturated heterocycles. The predicted octanol–water partition coefficient (Wildman–Crippen LogP) is 2.89. The van der Waals surface area contributed by atoms with Gasteiger partial charge in [-0.2, -0.15) is 0 Å². The lowest BCUT2D eigenvalue weighted by Gasteiger charge is -2.10. The summed E-state index contributed by atoms with van der Waals surface area (Å²) in [5.74, 6) is 0. The SMILES string of the molecule is Cc1ccccc1NC(=O)NC(=S)c1cccnc1. The number of carbonyl (C=O) groups excluding carboxylic acids is 1. The Balaban J connectivity index is 1.99. The lowest BCUT2D eigenvalue weighted by Crippen LogP contribution is -2.33. The minimum Gasteiger partial charge on any atom is -0.307 e. The van der Waals surface area contributed by atoms with Gasteiger partial charge >= 0.3 is 6.03 Å². The second kappa shape index (κ2) is 6.06. The number of aromatic nitrogens is 1. The first-order chi connectivity index (χ1) is 9.16. The Morgan fingerprint density at radius 2 is 2.00 bits per heavy atom. The van der Waals surface area contributed by atoms with Crippen LogP contribution in [-0.2, 0) is 0 Å². The van der Waals surface area contributed by atoms with E-state index in [-0.39, 0.29) is 6.03 Å². The lowest BCUT2D eigenvalue weighted by molar-refractivity contribution is 0.256. The normalized spacial score (nSPS) is 9.74. The average molecular weight is 271 g/mol. The van der Waals surface area contributed by atoms with E-state index in [9.17, 15) is 4.79 Å². The molecule has 0 atom stereocenters. The van der Waals surface area contributed by atoms with Crippen molar-refractivity contribution in [1.82, 2.24) is 10.3 Å². The van der Waals surface area contributed by atoms with Crippen LogP contribution < -0.4 is 10.6 Å². The molecule has 1 heterocycles. The summed E-state index contributed by atoms with van der Waals surface area (Å²) in [5, 5.41) is 5.37. The van der Waals surface area contributed by atoms with Crippen molar-refractivity contribution in [3.63, 3.8) is 0 Å². The van der Waals surface area contributed by atoms with Gasteiger partial charge in [0.15, 0.2) is 0 Å². The van der Waals surface area contributed by atoms with E-state index in [1.165, 1.54) is 0 Å². The number of rotatable bonds is 2. The second-order valence-electron chi connectivity index (χ2n) is 3.96. The Morgan fingerprint density at radius 1 is 1.21 bits per heavy atom.